The molecule has 1 aromatic rings. The zero-order valence-corrected chi connectivity index (χ0v) is 13.2. The smallest absolute Gasteiger partial charge is 0.232 e. The van der Waals surface area contributed by atoms with E-state index in [0.717, 1.165) is 18.7 Å². The lowest BCUT2D eigenvalue weighted by molar-refractivity contribution is 0.180. The Morgan fingerprint density at radius 3 is 2.81 bits per heavy atom. The van der Waals surface area contributed by atoms with E-state index >= 15 is 0 Å². The van der Waals surface area contributed by atoms with Gasteiger partial charge in [0.05, 0.1) is 0 Å². The first-order chi connectivity index (χ1) is 10.3. The second-order valence-corrected chi connectivity index (χ2v) is 6.44. The fourth-order valence-electron chi connectivity index (χ4n) is 2.67. The van der Waals surface area contributed by atoms with E-state index in [-0.39, 0.29) is 0 Å². The molecule has 1 aliphatic carbocycles. The van der Waals surface area contributed by atoms with Gasteiger partial charge in [-0.15, -0.1) is 0 Å². The van der Waals surface area contributed by atoms with Crippen LogP contribution in [0.15, 0.2) is 12.3 Å². The van der Waals surface area contributed by atoms with Gasteiger partial charge in [0.1, 0.15) is 11.6 Å². The predicted molar refractivity (Wildman–Crippen MR) is 84.9 cm³/mol. The molecule has 116 valence electrons. The summed E-state index contributed by atoms with van der Waals surface area (Å²) in [5, 5.41) is 4.07. The van der Waals surface area contributed by atoms with Crippen LogP contribution in [0.1, 0.15) is 37.7 Å². The van der Waals surface area contributed by atoms with Crippen molar-refractivity contribution in [3.05, 3.63) is 22.8 Å². The number of aromatic nitrogens is 1. The molecule has 1 aliphatic heterocycles. The number of rotatable bonds is 7. The third kappa shape index (κ3) is 4.83. The molecule has 0 atom stereocenters. The first-order valence-electron chi connectivity index (χ1n) is 8.04. The van der Waals surface area contributed by atoms with Gasteiger partial charge in [0.2, 0.25) is 5.88 Å². The lowest BCUT2D eigenvalue weighted by atomic mass is 10.1. The molecule has 3 rings (SSSR count). The minimum absolute atomic E-state index is 0.559. The zero-order valence-electron chi connectivity index (χ0n) is 12.5. The summed E-state index contributed by atoms with van der Waals surface area (Å²) >= 11 is 6.25. The van der Waals surface area contributed by atoms with Gasteiger partial charge in [0, 0.05) is 25.3 Å². The highest BCUT2D eigenvalue weighted by Crippen LogP contribution is 2.24. The molecule has 2 aliphatic rings. The first-order valence-corrected chi connectivity index (χ1v) is 8.42. The van der Waals surface area contributed by atoms with E-state index in [2.05, 4.69) is 15.2 Å². The number of nitrogens with one attached hydrogen (secondary N) is 1. The van der Waals surface area contributed by atoms with Crippen LogP contribution < -0.4 is 10.1 Å². The first kappa shape index (κ1) is 15.1. The summed E-state index contributed by atoms with van der Waals surface area (Å²) in [6, 6.07) is 2.66. The van der Waals surface area contributed by atoms with Gasteiger partial charge in [-0.1, -0.05) is 18.0 Å². The third-order valence-corrected chi connectivity index (χ3v) is 4.40. The van der Waals surface area contributed by atoms with E-state index in [1.807, 2.05) is 12.3 Å². The molecule has 0 radical (unpaired) electrons. The summed E-state index contributed by atoms with van der Waals surface area (Å²) in [5.41, 5.74) is 1.12. The molecule has 1 N–H and O–H groups in total. The van der Waals surface area contributed by atoms with Crippen LogP contribution in [0.2, 0.25) is 5.02 Å². The standard InChI is InChI=1S/C16H24ClN3O/c17-15-10-13(11-18-14-4-5-14)12-19-16(15)21-9-8-20-6-2-1-3-7-20/h10,12,14,18H,1-9,11H2. The molecule has 2 heterocycles. The molecular weight excluding hydrogens is 286 g/mol. The summed E-state index contributed by atoms with van der Waals surface area (Å²) in [4.78, 5) is 6.80. The molecule has 1 aromatic heterocycles. The lowest BCUT2D eigenvalue weighted by Gasteiger charge is -2.26. The number of likely N-dealkylation sites (tertiary alicyclic amines) is 1. The van der Waals surface area contributed by atoms with Crippen molar-refractivity contribution in [3.8, 4) is 5.88 Å². The third-order valence-electron chi connectivity index (χ3n) is 4.13. The number of piperidine rings is 1. The van der Waals surface area contributed by atoms with Crippen LogP contribution in [-0.4, -0.2) is 42.2 Å². The fourth-order valence-corrected chi connectivity index (χ4v) is 2.92. The van der Waals surface area contributed by atoms with Crippen molar-refractivity contribution >= 4 is 11.6 Å². The SMILES string of the molecule is Clc1cc(CNC2CC2)cnc1OCCN1CCCCC1. The van der Waals surface area contributed by atoms with Crippen molar-refractivity contribution < 1.29 is 4.74 Å². The molecule has 0 aromatic carbocycles. The van der Waals surface area contributed by atoms with Crippen molar-refractivity contribution in [1.29, 1.82) is 0 Å². The quantitative estimate of drug-likeness (QED) is 0.840. The normalized spacial score (nSPS) is 19.7. The number of hydrogen-bond acceptors (Lipinski definition) is 4. The van der Waals surface area contributed by atoms with Gasteiger partial charge in [-0.05, 0) is 50.4 Å². The number of hydrogen-bond donors (Lipinski definition) is 1. The number of pyridine rings is 1. The lowest BCUT2D eigenvalue weighted by Crippen LogP contribution is -2.33. The van der Waals surface area contributed by atoms with Gasteiger partial charge < -0.3 is 10.1 Å². The average Bonchev–Trinajstić information content (AvgIpc) is 3.32. The van der Waals surface area contributed by atoms with Crippen molar-refractivity contribution in [2.45, 2.75) is 44.7 Å². The summed E-state index contributed by atoms with van der Waals surface area (Å²) in [5.74, 6) is 0.559. The van der Waals surface area contributed by atoms with E-state index in [1.165, 1.54) is 45.2 Å². The Hall–Kier alpha value is -0.840. The molecule has 1 saturated heterocycles. The van der Waals surface area contributed by atoms with Crippen LogP contribution >= 0.6 is 11.6 Å². The van der Waals surface area contributed by atoms with Crippen LogP contribution in [0, 0.1) is 0 Å². The Kier molecular flexibility index (Phi) is 5.33. The highest BCUT2D eigenvalue weighted by atomic mass is 35.5. The van der Waals surface area contributed by atoms with Gasteiger partial charge >= 0.3 is 0 Å². The molecule has 5 heteroatoms. The van der Waals surface area contributed by atoms with Crippen LogP contribution in [0.5, 0.6) is 5.88 Å². The Labute approximate surface area is 131 Å². The maximum Gasteiger partial charge on any atom is 0.232 e. The minimum Gasteiger partial charge on any atom is -0.475 e. The fraction of sp³-hybridized carbons (Fsp3) is 0.688. The van der Waals surface area contributed by atoms with E-state index in [1.54, 1.807) is 0 Å². The van der Waals surface area contributed by atoms with Gasteiger partial charge in [0.25, 0.3) is 0 Å². The van der Waals surface area contributed by atoms with Gasteiger partial charge in [0.15, 0.2) is 0 Å². The van der Waals surface area contributed by atoms with E-state index in [0.29, 0.717) is 23.6 Å². The van der Waals surface area contributed by atoms with E-state index in [9.17, 15) is 0 Å². The number of nitrogens with zero attached hydrogens (tertiary/aromatic N) is 2. The topological polar surface area (TPSA) is 37.4 Å². The average molecular weight is 310 g/mol. The highest BCUT2D eigenvalue weighted by Gasteiger charge is 2.20. The second kappa shape index (κ2) is 7.43. The summed E-state index contributed by atoms with van der Waals surface area (Å²) < 4.78 is 5.73. The predicted octanol–water partition coefficient (Wildman–Crippen LogP) is 2.85. The molecule has 1 saturated carbocycles. The van der Waals surface area contributed by atoms with Gasteiger partial charge in [-0.2, -0.15) is 0 Å². The van der Waals surface area contributed by atoms with E-state index < -0.39 is 0 Å². The van der Waals surface area contributed by atoms with Crippen molar-refractivity contribution in [1.82, 2.24) is 15.2 Å². The van der Waals surface area contributed by atoms with Gasteiger partial charge in [-0.3, -0.25) is 4.90 Å². The molecule has 2 fully saturated rings. The molecular formula is C16H24ClN3O. The van der Waals surface area contributed by atoms with E-state index in [4.69, 9.17) is 16.3 Å². The van der Waals surface area contributed by atoms with Crippen LogP contribution in [0.3, 0.4) is 0 Å². The maximum absolute atomic E-state index is 6.25. The number of ether oxygens (including phenoxy) is 1. The zero-order chi connectivity index (χ0) is 14.5. The Bertz CT molecular complexity index is 459. The maximum atomic E-state index is 6.25. The van der Waals surface area contributed by atoms with Crippen molar-refractivity contribution in [2.24, 2.45) is 0 Å². The largest absolute Gasteiger partial charge is 0.475 e. The monoisotopic (exact) mass is 309 g/mol. The molecule has 21 heavy (non-hydrogen) atoms. The highest BCUT2D eigenvalue weighted by molar-refractivity contribution is 6.31. The molecule has 0 bridgehead atoms. The Morgan fingerprint density at radius 2 is 2.10 bits per heavy atom. The van der Waals surface area contributed by atoms with Crippen LogP contribution in [0.25, 0.3) is 0 Å². The van der Waals surface area contributed by atoms with Crippen molar-refractivity contribution in [2.75, 3.05) is 26.2 Å². The van der Waals surface area contributed by atoms with Crippen LogP contribution in [-0.2, 0) is 6.54 Å². The summed E-state index contributed by atoms with van der Waals surface area (Å²) in [6.45, 7) is 4.84. The molecule has 4 nitrogen and oxygen atoms in total. The Morgan fingerprint density at radius 1 is 1.29 bits per heavy atom. The minimum atomic E-state index is 0.559. The van der Waals surface area contributed by atoms with Crippen molar-refractivity contribution in [3.63, 3.8) is 0 Å². The summed E-state index contributed by atoms with van der Waals surface area (Å²) in [6.07, 6.45) is 8.42. The molecule has 0 spiro atoms. The van der Waals surface area contributed by atoms with Gasteiger partial charge in [-0.25, -0.2) is 4.98 Å². The molecule has 0 amide bonds. The Balaban J connectivity index is 1.43. The summed E-state index contributed by atoms with van der Waals surface area (Å²) in [7, 11) is 0. The van der Waals surface area contributed by atoms with Crippen LogP contribution in [0.4, 0.5) is 0 Å². The molecule has 0 unspecified atom stereocenters. The number of halogens is 1. The second-order valence-electron chi connectivity index (χ2n) is 6.04.